The average molecular weight is 329 g/mol. The van der Waals surface area contributed by atoms with E-state index in [9.17, 15) is 4.79 Å². The number of piperidine rings is 1. The molecule has 126 valence electrons. The number of nitrogens with zero attached hydrogens (tertiary/aromatic N) is 1. The number of hydrogen-bond donors (Lipinski definition) is 0. The van der Waals surface area contributed by atoms with Gasteiger partial charge in [0.25, 0.3) is 0 Å². The fraction of sp³-hybridized carbons (Fsp3) is 0.261. The zero-order valence-corrected chi connectivity index (χ0v) is 14.9. The number of benzene rings is 2. The largest absolute Gasteiger partial charge is 0.306 e. The minimum atomic E-state index is 0.745. The molecular formula is C23H23NO. The molecule has 1 fully saturated rings. The van der Waals surface area contributed by atoms with E-state index >= 15 is 0 Å². The maximum atomic E-state index is 11.4. The summed E-state index contributed by atoms with van der Waals surface area (Å²) < 4.78 is 0. The van der Waals surface area contributed by atoms with Crippen molar-refractivity contribution < 1.29 is 4.79 Å². The molecule has 2 nitrogen and oxygen atoms in total. The van der Waals surface area contributed by atoms with Gasteiger partial charge in [0.1, 0.15) is 6.29 Å². The second-order valence-corrected chi connectivity index (χ2v) is 7.17. The van der Waals surface area contributed by atoms with Crippen LogP contribution in [-0.2, 0) is 0 Å². The molecule has 25 heavy (non-hydrogen) atoms. The molecule has 0 spiro atoms. The number of rotatable bonds is 1. The van der Waals surface area contributed by atoms with Gasteiger partial charge in [-0.3, -0.25) is 4.79 Å². The fourth-order valence-corrected chi connectivity index (χ4v) is 3.88. The molecule has 1 heterocycles. The predicted molar refractivity (Wildman–Crippen MR) is 105 cm³/mol. The Morgan fingerprint density at radius 3 is 2.24 bits per heavy atom. The van der Waals surface area contributed by atoms with Crippen molar-refractivity contribution in [3.8, 4) is 0 Å². The van der Waals surface area contributed by atoms with Gasteiger partial charge in [-0.05, 0) is 60.7 Å². The van der Waals surface area contributed by atoms with Crippen LogP contribution in [0.25, 0.3) is 17.7 Å². The summed E-state index contributed by atoms with van der Waals surface area (Å²) in [7, 11) is 2.19. The van der Waals surface area contributed by atoms with Gasteiger partial charge in [0.05, 0.1) is 0 Å². The van der Waals surface area contributed by atoms with Gasteiger partial charge in [0.2, 0.25) is 0 Å². The number of hydrogen-bond acceptors (Lipinski definition) is 2. The Hall–Kier alpha value is -2.45. The molecule has 0 saturated carbocycles. The monoisotopic (exact) mass is 329 g/mol. The Morgan fingerprint density at radius 1 is 0.920 bits per heavy atom. The van der Waals surface area contributed by atoms with E-state index < -0.39 is 0 Å². The third kappa shape index (κ3) is 2.98. The first kappa shape index (κ1) is 16.0. The summed E-state index contributed by atoms with van der Waals surface area (Å²) in [6.45, 7) is 4.33. The Kier molecular flexibility index (Phi) is 4.14. The molecule has 0 aromatic heterocycles. The van der Waals surface area contributed by atoms with Crippen LogP contribution in [0.3, 0.4) is 0 Å². The van der Waals surface area contributed by atoms with Crippen molar-refractivity contribution >= 4 is 24.0 Å². The molecule has 2 aliphatic rings. The fourth-order valence-electron chi connectivity index (χ4n) is 3.88. The van der Waals surface area contributed by atoms with Crippen LogP contribution in [0.4, 0.5) is 0 Å². The number of carbonyl (C=O) groups excluding carboxylic acids is 1. The quantitative estimate of drug-likeness (QED) is 0.597. The van der Waals surface area contributed by atoms with Crippen LogP contribution in [0.5, 0.6) is 0 Å². The van der Waals surface area contributed by atoms with E-state index in [1.165, 1.54) is 39.0 Å². The van der Waals surface area contributed by atoms with E-state index in [-0.39, 0.29) is 0 Å². The van der Waals surface area contributed by atoms with Gasteiger partial charge in [0.15, 0.2) is 0 Å². The predicted octanol–water partition coefficient (Wildman–Crippen LogP) is 4.82. The van der Waals surface area contributed by atoms with E-state index in [0.29, 0.717) is 0 Å². The number of likely N-dealkylation sites (tertiary alicyclic amines) is 1. The average Bonchev–Trinajstić information content (AvgIpc) is 2.78. The number of carbonyl (C=O) groups is 1. The Balaban J connectivity index is 2.00. The highest BCUT2D eigenvalue weighted by molar-refractivity contribution is 5.96. The number of aryl methyl sites for hydroxylation is 1. The molecule has 0 atom stereocenters. The molecule has 0 amide bonds. The normalized spacial score (nSPS) is 17.0. The van der Waals surface area contributed by atoms with Gasteiger partial charge in [-0.1, -0.05) is 53.6 Å². The second-order valence-electron chi connectivity index (χ2n) is 7.17. The zero-order valence-electron chi connectivity index (χ0n) is 14.9. The van der Waals surface area contributed by atoms with Crippen LogP contribution >= 0.6 is 0 Å². The van der Waals surface area contributed by atoms with Gasteiger partial charge in [-0.2, -0.15) is 0 Å². The van der Waals surface area contributed by atoms with Crippen LogP contribution in [-0.4, -0.2) is 31.3 Å². The van der Waals surface area contributed by atoms with Crippen LogP contribution in [0.1, 0.15) is 51.0 Å². The molecule has 2 aromatic rings. The Morgan fingerprint density at radius 2 is 1.56 bits per heavy atom. The lowest BCUT2D eigenvalue weighted by Gasteiger charge is -2.27. The maximum absolute atomic E-state index is 11.4. The lowest BCUT2D eigenvalue weighted by Crippen LogP contribution is -2.27. The highest BCUT2D eigenvalue weighted by atomic mass is 16.1. The van der Waals surface area contributed by atoms with Crippen molar-refractivity contribution in [2.24, 2.45) is 0 Å². The van der Waals surface area contributed by atoms with Crippen LogP contribution in [0, 0.1) is 6.92 Å². The highest BCUT2D eigenvalue weighted by Gasteiger charge is 2.22. The van der Waals surface area contributed by atoms with E-state index in [1.807, 2.05) is 6.07 Å². The number of fused-ring (bicyclic) bond motifs is 2. The molecule has 0 bridgehead atoms. The lowest BCUT2D eigenvalue weighted by atomic mass is 9.85. The molecule has 2 aromatic carbocycles. The Labute approximate surface area is 149 Å². The minimum absolute atomic E-state index is 0.745. The van der Waals surface area contributed by atoms with E-state index in [2.05, 4.69) is 61.4 Å². The van der Waals surface area contributed by atoms with Gasteiger partial charge in [-0.15, -0.1) is 0 Å². The van der Waals surface area contributed by atoms with Crippen molar-refractivity contribution in [1.82, 2.24) is 4.90 Å². The van der Waals surface area contributed by atoms with Crippen LogP contribution < -0.4 is 0 Å². The van der Waals surface area contributed by atoms with Crippen LogP contribution in [0.2, 0.25) is 0 Å². The lowest BCUT2D eigenvalue weighted by molar-refractivity contribution is 0.112. The van der Waals surface area contributed by atoms with Crippen molar-refractivity contribution in [3.63, 3.8) is 0 Å². The minimum Gasteiger partial charge on any atom is -0.306 e. The molecule has 0 radical (unpaired) electrons. The van der Waals surface area contributed by atoms with Crippen molar-refractivity contribution in [2.75, 3.05) is 20.1 Å². The van der Waals surface area contributed by atoms with Gasteiger partial charge < -0.3 is 4.90 Å². The van der Waals surface area contributed by atoms with Gasteiger partial charge in [-0.25, -0.2) is 0 Å². The molecular weight excluding hydrogens is 306 g/mol. The third-order valence-electron chi connectivity index (χ3n) is 5.35. The van der Waals surface area contributed by atoms with Crippen molar-refractivity contribution in [2.45, 2.75) is 19.8 Å². The molecule has 4 rings (SSSR count). The van der Waals surface area contributed by atoms with Crippen molar-refractivity contribution in [1.29, 1.82) is 0 Å². The third-order valence-corrected chi connectivity index (χ3v) is 5.35. The molecule has 1 aliphatic heterocycles. The molecule has 0 N–H and O–H groups in total. The highest BCUT2D eigenvalue weighted by Crippen LogP contribution is 2.39. The van der Waals surface area contributed by atoms with Crippen LogP contribution in [0.15, 0.2) is 42.0 Å². The van der Waals surface area contributed by atoms with E-state index in [1.54, 1.807) is 0 Å². The van der Waals surface area contributed by atoms with Gasteiger partial charge >= 0.3 is 0 Å². The molecule has 1 aliphatic carbocycles. The first-order valence-electron chi connectivity index (χ1n) is 8.95. The number of aldehydes is 1. The zero-order chi connectivity index (χ0) is 17.4. The smallest absolute Gasteiger partial charge is 0.150 e. The summed E-state index contributed by atoms with van der Waals surface area (Å²) in [5.41, 5.74) is 9.83. The summed E-state index contributed by atoms with van der Waals surface area (Å²) in [6, 6.07) is 12.7. The first-order valence-corrected chi connectivity index (χ1v) is 8.95. The maximum Gasteiger partial charge on any atom is 0.150 e. The van der Waals surface area contributed by atoms with Gasteiger partial charge in [0, 0.05) is 18.7 Å². The summed E-state index contributed by atoms with van der Waals surface area (Å²) in [5, 5.41) is 0. The molecule has 0 unspecified atom stereocenters. The van der Waals surface area contributed by atoms with E-state index in [0.717, 1.165) is 37.8 Å². The topological polar surface area (TPSA) is 20.3 Å². The molecule has 2 heteroatoms. The second kappa shape index (κ2) is 6.45. The summed E-state index contributed by atoms with van der Waals surface area (Å²) in [4.78, 5) is 13.8. The molecule has 1 saturated heterocycles. The Bertz CT molecular complexity index is 894. The summed E-state index contributed by atoms with van der Waals surface area (Å²) >= 11 is 0. The standard InChI is InChI=1S/C23H23NO/c1-16-3-5-18-7-8-19-6-4-17(15-25)14-22(19)23(21(18)13-16)20-9-11-24(2)12-10-20/h3-8,13-15H,9-12H2,1-2H3. The summed E-state index contributed by atoms with van der Waals surface area (Å²) in [6.07, 6.45) is 7.51. The van der Waals surface area contributed by atoms with Crippen molar-refractivity contribution in [3.05, 3.63) is 75.4 Å². The SMILES string of the molecule is Cc1ccc2c(c1)C(=C1CCN(C)CC1)c1cc(C=O)ccc1C=C2. The summed E-state index contributed by atoms with van der Waals surface area (Å²) in [5.74, 6) is 0. The van der Waals surface area contributed by atoms with E-state index in [4.69, 9.17) is 0 Å². The first-order chi connectivity index (χ1) is 12.2.